The van der Waals surface area contributed by atoms with Gasteiger partial charge in [-0.15, -0.1) is 0 Å². The van der Waals surface area contributed by atoms with Gasteiger partial charge in [0.15, 0.2) is 0 Å². The summed E-state index contributed by atoms with van der Waals surface area (Å²) in [5, 5.41) is 4.60. The van der Waals surface area contributed by atoms with E-state index in [0.717, 1.165) is 41.7 Å². The Bertz CT molecular complexity index is 548. The summed E-state index contributed by atoms with van der Waals surface area (Å²) in [5.74, 6) is 0.880. The molecule has 1 aromatic heterocycles. The van der Waals surface area contributed by atoms with Crippen molar-refractivity contribution >= 4 is 10.9 Å². The van der Waals surface area contributed by atoms with Gasteiger partial charge in [0.2, 0.25) is 0 Å². The van der Waals surface area contributed by atoms with Gasteiger partial charge in [0, 0.05) is 17.1 Å². The Labute approximate surface area is 121 Å². The van der Waals surface area contributed by atoms with Crippen molar-refractivity contribution in [3.8, 4) is 5.75 Å². The van der Waals surface area contributed by atoms with Crippen molar-refractivity contribution in [2.45, 2.75) is 39.7 Å². The number of para-hydroxylation sites is 1. The zero-order valence-corrected chi connectivity index (χ0v) is 12.6. The molecule has 20 heavy (non-hydrogen) atoms. The highest BCUT2D eigenvalue weighted by atomic mass is 16.5. The second kappa shape index (κ2) is 7.25. The summed E-state index contributed by atoms with van der Waals surface area (Å²) in [6, 6.07) is 10.6. The lowest BCUT2D eigenvalue weighted by Crippen LogP contribution is -2.34. The SMILES string of the molecule is CCCC(COc1cccc2ccc(C)nc12)NCC. The van der Waals surface area contributed by atoms with E-state index in [0.29, 0.717) is 12.6 Å². The second-order valence-electron chi connectivity index (χ2n) is 5.13. The molecular formula is C17H24N2O. The van der Waals surface area contributed by atoms with E-state index >= 15 is 0 Å². The predicted molar refractivity (Wildman–Crippen MR) is 84.3 cm³/mol. The van der Waals surface area contributed by atoms with Crippen LogP contribution in [0.4, 0.5) is 0 Å². The molecule has 3 nitrogen and oxygen atoms in total. The van der Waals surface area contributed by atoms with Crippen LogP contribution in [-0.4, -0.2) is 24.2 Å². The van der Waals surface area contributed by atoms with Crippen LogP contribution in [0, 0.1) is 6.92 Å². The second-order valence-corrected chi connectivity index (χ2v) is 5.13. The number of nitrogens with one attached hydrogen (secondary N) is 1. The largest absolute Gasteiger partial charge is 0.490 e. The molecule has 0 bridgehead atoms. The molecule has 0 saturated heterocycles. The molecule has 1 unspecified atom stereocenters. The van der Waals surface area contributed by atoms with Gasteiger partial charge in [-0.3, -0.25) is 0 Å². The lowest BCUT2D eigenvalue weighted by Gasteiger charge is -2.18. The van der Waals surface area contributed by atoms with Crippen molar-refractivity contribution in [3.63, 3.8) is 0 Å². The lowest BCUT2D eigenvalue weighted by atomic mass is 10.1. The molecule has 2 aromatic rings. The Hall–Kier alpha value is -1.61. The number of benzene rings is 1. The molecule has 1 N–H and O–H groups in total. The molecule has 108 valence electrons. The van der Waals surface area contributed by atoms with Crippen molar-refractivity contribution in [1.29, 1.82) is 0 Å². The number of pyridine rings is 1. The van der Waals surface area contributed by atoms with Crippen LogP contribution in [0.2, 0.25) is 0 Å². The van der Waals surface area contributed by atoms with Crippen LogP contribution in [0.3, 0.4) is 0 Å². The van der Waals surface area contributed by atoms with Crippen molar-refractivity contribution in [2.24, 2.45) is 0 Å². The summed E-state index contributed by atoms with van der Waals surface area (Å²) in [4.78, 5) is 4.60. The maximum atomic E-state index is 6.02. The number of nitrogens with zero attached hydrogens (tertiary/aromatic N) is 1. The van der Waals surface area contributed by atoms with Gasteiger partial charge >= 0.3 is 0 Å². The Balaban J connectivity index is 2.14. The van der Waals surface area contributed by atoms with E-state index in [2.05, 4.69) is 36.3 Å². The predicted octanol–water partition coefficient (Wildman–Crippen LogP) is 3.70. The van der Waals surface area contributed by atoms with Crippen molar-refractivity contribution in [3.05, 3.63) is 36.0 Å². The number of hydrogen-bond acceptors (Lipinski definition) is 3. The summed E-state index contributed by atoms with van der Waals surface area (Å²) in [6.07, 6.45) is 2.29. The van der Waals surface area contributed by atoms with Gasteiger partial charge in [0.05, 0.1) is 0 Å². The highest BCUT2D eigenvalue weighted by Crippen LogP contribution is 2.24. The number of likely N-dealkylation sites (N-methyl/N-ethyl adjacent to an activating group) is 1. The van der Waals surface area contributed by atoms with Gasteiger partial charge in [-0.25, -0.2) is 4.98 Å². The summed E-state index contributed by atoms with van der Waals surface area (Å²) in [7, 11) is 0. The van der Waals surface area contributed by atoms with Crippen LogP contribution in [0.15, 0.2) is 30.3 Å². The van der Waals surface area contributed by atoms with Gasteiger partial charge in [-0.1, -0.05) is 38.5 Å². The number of ether oxygens (including phenoxy) is 1. The normalized spacial score (nSPS) is 12.6. The van der Waals surface area contributed by atoms with Crippen LogP contribution in [0.5, 0.6) is 5.75 Å². The minimum absolute atomic E-state index is 0.407. The number of aryl methyl sites for hydroxylation is 1. The van der Waals surface area contributed by atoms with Crippen LogP contribution in [-0.2, 0) is 0 Å². The van der Waals surface area contributed by atoms with Crippen molar-refractivity contribution in [2.75, 3.05) is 13.2 Å². The number of fused-ring (bicyclic) bond motifs is 1. The molecule has 0 amide bonds. The Kier molecular flexibility index (Phi) is 5.36. The third-order valence-electron chi connectivity index (χ3n) is 3.39. The van der Waals surface area contributed by atoms with Gasteiger partial charge in [-0.05, 0) is 32.0 Å². The van der Waals surface area contributed by atoms with Gasteiger partial charge in [-0.2, -0.15) is 0 Å². The minimum atomic E-state index is 0.407. The van der Waals surface area contributed by atoms with Gasteiger partial charge < -0.3 is 10.1 Å². The first-order chi connectivity index (χ1) is 9.74. The number of aromatic nitrogens is 1. The first-order valence-electron chi connectivity index (χ1n) is 7.47. The Morgan fingerprint density at radius 1 is 1.20 bits per heavy atom. The molecule has 0 aliphatic carbocycles. The topological polar surface area (TPSA) is 34.1 Å². The van der Waals surface area contributed by atoms with Crippen molar-refractivity contribution in [1.82, 2.24) is 10.3 Å². The van der Waals surface area contributed by atoms with E-state index in [1.807, 2.05) is 25.1 Å². The van der Waals surface area contributed by atoms with Crippen LogP contribution in [0.1, 0.15) is 32.4 Å². The zero-order chi connectivity index (χ0) is 14.4. The maximum absolute atomic E-state index is 6.02. The molecule has 3 heteroatoms. The average Bonchev–Trinajstić information content (AvgIpc) is 2.45. The first kappa shape index (κ1) is 14.8. The van der Waals surface area contributed by atoms with Gasteiger partial charge in [0.25, 0.3) is 0 Å². The monoisotopic (exact) mass is 272 g/mol. The highest BCUT2D eigenvalue weighted by molar-refractivity contribution is 5.84. The molecule has 1 aromatic carbocycles. The molecule has 1 heterocycles. The fourth-order valence-corrected chi connectivity index (χ4v) is 2.41. The molecule has 0 aliphatic heterocycles. The molecule has 0 aliphatic rings. The summed E-state index contributed by atoms with van der Waals surface area (Å²) in [5.41, 5.74) is 1.98. The van der Waals surface area contributed by atoms with E-state index in [4.69, 9.17) is 4.74 Å². The average molecular weight is 272 g/mol. The molecular weight excluding hydrogens is 248 g/mol. The van der Waals surface area contributed by atoms with Crippen LogP contribution in [0.25, 0.3) is 10.9 Å². The summed E-state index contributed by atoms with van der Waals surface area (Å²) < 4.78 is 6.02. The summed E-state index contributed by atoms with van der Waals surface area (Å²) in [6.45, 7) is 8.00. The Morgan fingerprint density at radius 3 is 2.80 bits per heavy atom. The fourth-order valence-electron chi connectivity index (χ4n) is 2.41. The standard InChI is InChI=1S/C17H24N2O/c1-4-7-15(18-5-2)12-20-16-9-6-8-14-11-10-13(3)19-17(14)16/h6,8-11,15,18H,4-5,7,12H2,1-3H3. The smallest absolute Gasteiger partial charge is 0.145 e. The number of rotatable bonds is 7. The summed E-state index contributed by atoms with van der Waals surface area (Å²) >= 11 is 0. The molecule has 0 saturated carbocycles. The van der Waals surface area contributed by atoms with E-state index in [9.17, 15) is 0 Å². The van der Waals surface area contributed by atoms with E-state index < -0.39 is 0 Å². The zero-order valence-electron chi connectivity index (χ0n) is 12.6. The quantitative estimate of drug-likeness (QED) is 0.834. The van der Waals surface area contributed by atoms with Crippen molar-refractivity contribution < 1.29 is 4.74 Å². The third-order valence-corrected chi connectivity index (χ3v) is 3.39. The number of hydrogen-bond donors (Lipinski definition) is 1. The Morgan fingerprint density at radius 2 is 2.05 bits per heavy atom. The van der Waals surface area contributed by atoms with E-state index in [-0.39, 0.29) is 0 Å². The lowest BCUT2D eigenvalue weighted by molar-refractivity contribution is 0.260. The fraction of sp³-hybridized carbons (Fsp3) is 0.471. The molecule has 0 radical (unpaired) electrons. The molecule has 0 fully saturated rings. The van der Waals surface area contributed by atoms with E-state index in [1.165, 1.54) is 0 Å². The van der Waals surface area contributed by atoms with E-state index in [1.54, 1.807) is 0 Å². The first-order valence-corrected chi connectivity index (χ1v) is 7.47. The van der Waals surface area contributed by atoms with Crippen LogP contribution >= 0.6 is 0 Å². The third kappa shape index (κ3) is 3.70. The van der Waals surface area contributed by atoms with Gasteiger partial charge in [0.1, 0.15) is 17.9 Å². The maximum Gasteiger partial charge on any atom is 0.145 e. The highest BCUT2D eigenvalue weighted by Gasteiger charge is 2.09. The minimum Gasteiger partial charge on any atom is -0.490 e. The molecule has 2 rings (SSSR count). The molecule has 1 atom stereocenters. The van der Waals surface area contributed by atoms with Crippen LogP contribution < -0.4 is 10.1 Å². The molecule has 0 spiro atoms.